The fourth-order valence-electron chi connectivity index (χ4n) is 4.69. The summed E-state index contributed by atoms with van der Waals surface area (Å²) in [5, 5.41) is 12.3. The molecule has 0 amide bonds. The van der Waals surface area contributed by atoms with Crippen molar-refractivity contribution in [3.05, 3.63) is 35.4 Å². The van der Waals surface area contributed by atoms with E-state index >= 15 is 0 Å². The zero-order chi connectivity index (χ0) is 22.5. The van der Waals surface area contributed by atoms with Crippen molar-refractivity contribution in [2.75, 3.05) is 27.3 Å². The number of guanidine groups is 1. The molecule has 174 valence electrons. The van der Waals surface area contributed by atoms with Crippen molar-refractivity contribution in [2.24, 2.45) is 12.0 Å². The van der Waals surface area contributed by atoms with E-state index in [9.17, 15) is 0 Å². The molecular formula is C24H36N6O2. The number of aromatic nitrogens is 3. The summed E-state index contributed by atoms with van der Waals surface area (Å²) in [6.07, 6.45) is 7.43. The summed E-state index contributed by atoms with van der Waals surface area (Å²) in [6, 6.07) is 6.69. The molecule has 0 bridgehead atoms. The van der Waals surface area contributed by atoms with Gasteiger partial charge in [-0.3, -0.25) is 0 Å². The maximum atomic E-state index is 5.49. The Hall–Kier alpha value is -2.77. The Morgan fingerprint density at radius 1 is 1.06 bits per heavy atom. The lowest BCUT2D eigenvalue weighted by Crippen LogP contribution is -2.45. The van der Waals surface area contributed by atoms with E-state index in [0.717, 1.165) is 48.6 Å². The lowest BCUT2D eigenvalue weighted by atomic mass is 9.96. The molecule has 32 heavy (non-hydrogen) atoms. The Balaban J connectivity index is 1.52. The van der Waals surface area contributed by atoms with Crippen LogP contribution >= 0.6 is 0 Å². The molecule has 0 spiro atoms. The largest absolute Gasteiger partial charge is 0.497 e. The van der Waals surface area contributed by atoms with Crippen molar-refractivity contribution < 1.29 is 9.47 Å². The third kappa shape index (κ3) is 5.16. The number of benzene rings is 1. The fraction of sp³-hybridized carbons (Fsp3) is 0.625. The quantitative estimate of drug-likeness (QED) is 0.548. The van der Waals surface area contributed by atoms with Gasteiger partial charge in [-0.25, -0.2) is 4.99 Å². The van der Waals surface area contributed by atoms with Crippen LogP contribution in [0.25, 0.3) is 0 Å². The van der Waals surface area contributed by atoms with Gasteiger partial charge in [0.25, 0.3) is 0 Å². The molecule has 2 heterocycles. The first-order valence-electron chi connectivity index (χ1n) is 11.7. The van der Waals surface area contributed by atoms with Crippen molar-refractivity contribution >= 4 is 5.96 Å². The molecule has 8 nitrogen and oxygen atoms in total. The minimum atomic E-state index is 0.412. The minimum Gasteiger partial charge on any atom is -0.497 e. The summed E-state index contributed by atoms with van der Waals surface area (Å²) in [4.78, 5) is 7.40. The Kier molecular flexibility index (Phi) is 7.17. The van der Waals surface area contributed by atoms with Gasteiger partial charge in [0.1, 0.15) is 23.9 Å². The van der Waals surface area contributed by atoms with E-state index in [4.69, 9.17) is 14.5 Å². The monoisotopic (exact) mass is 440 g/mol. The highest BCUT2D eigenvalue weighted by molar-refractivity contribution is 5.80. The highest BCUT2D eigenvalue weighted by Gasteiger charge is 2.28. The van der Waals surface area contributed by atoms with Gasteiger partial charge < -0.3 is 24.3 Å². The summed E-state index contributed by atoms with van der Waals surface area (Å²) in [6.45, 7) is 4.39. The molecule has 1 atom stereocenters. The average molecular weight is 441 g/mol. The van der Waals surface area contributed by atoms with Gasteiger partial charge in [-0.05, 0) is 43.9 Å². The molecule has 1 aliphatic carbocycles. The summed E-state index contributed by atoms with van der Waals surface area (Å²) in [7, 11) is 5.40. The number of ether oxygens (including phenoxy) is 2. The van der Waals surface area contributed by atoms with Gasteiger partial charge in [-0.15, -0.1) is 10.2 Å². The third-order valence-electron chi connectivity index (χ3n) is 6.82. The highest BCUT2D eigenvalue weighted by atomic mass is 16.5. The summed E-state index contributed by atoms with van der Waals surface area (Å²) < 4.78 is 13.0. The van der Waals surface area contributed by atoms with Crippen LogP contribution in [-0.2, 0) is 13.6 Å². The molecule has 1 saturated heterocycles. The van der Waals surface area contributed by atoms with Gasteiger partial charge in [-0.2, -0.15) is 0 Å². The second-order valence-electron chi connectivity index (χ2n) is 8.92. The topological polar surface area (TPSA) is 76.8 Å². The highest BCUT2D eigenvalue weighted by Crippen LogP contribution is 2.33. The van der Waals surface area contributed by atoms with E-state index in [1.165, 1.54) is 37.7 Å². The van der Waals surface area contributed by atoms with Gasteiger partial charge in [0.2, 0.25) is 0 Å². The number of nitrogens with zero attached hydrogens (tertiary/aromatic N) is 5. The average Bonchev–Trinajstić information content (AvgIpc) is 3.44. The Morgan fingerprint density at radius 3 is 2.41 bits per heavy atom. The molecular weight excluding hydrogens is 404 g/mol. The SMILES string of the molecule is COc1cc(OC)cc(C2CCN(C(=NCc3nnc(C)n3C)NC3CCCCC3)C2)c1. The normalized spacial score (nSPS) is 19.9. The van der Waals surface area contributed by atoms with Crippen LogP contribution in [0, 0.1) is 6.92 Å². The lowest BCUT2D eigenvalue weighted by molar-refractivity contribution is 0.387. The maximum absolute atomic E-state index is 5.49. The zero-order valence-corrected chi connectivity index (χ0v) is 19.8. The molecule has 1 aromatic heterocycles. The predicted octanol–water partition coefficient (Wildman–Crippen LogP) is 3.41. The predicted molar refractivity (Wildman–Crippen MR) is 125 cm³/mol. The number of hydrogen-bond donors (Lipinski definition) is 1. The molecule has 1 aliphatic heterocycles. The minimum absolute atomic E-state index is 0.412. The Morgan fingerprint density at radius 2 is 1.78 bits per heavy atom. The first kappa shape index (κ1) is 22.4. The van der Waals surface area contributed by atoms with Crippen LogP contribution < -0.4 is 14.8 Å². The molecule has 1 saturated carbocycles. The van der Waals surface area contributed by atoms with Gasteiger partial charge in [0.05, 0.1) is 14.2 Å². The smallest absolute Gasteiger partial charge is 0.194 e. The van der Waals surface area contributed by atoms with Crippen molar-refractivity contribution in [3.8, 4) is 11.5 Å². The van der Waals surface area contributed by atoms with Gasteiger partial charge in [-0.1, -0.05) is 19.3 Å². The van der Waals surface area contributed by atoms with Crippen LogP contribution in [-0.4, -0.2) is 59.0 Å². The molecule has 2 aromatic rings. The molecule has 0 radical (unpaired) electrons. The second kappa shape index (κ2) is 10.2. The summed E-state index contributed by atoms with van der Waals surface area (Å²) in [5.74, 6) is 4.88. The Bertz CT molecular complexity index is 912. The van der Waals surface area contributed by atoms with Crippen LogP contribution in [0.1, 0.15) is 61.7 Å². The van der Waals surface area contributed by atoms with Crippen LogP contribution in [0.4, 0.5) is 0 Å². The van der Waals surface area contributed by atoms with Crippen molar-refractivity contribution in [1.29, 1.82) is 0 Å². The first-order valence-corrected chi connectivity index (χ1v) is 11.7. The number of methoxy groups -OCH3 is 2. The van der Waals surface area contributed by atoms with Gasteiger partial charge in [0.15, 0.2) is 11.8 Å². The van der Waals surface area contributed by atoms with E-state index in [0.29, 0.717) is 18.5 Å². The van der Waals surface area contributed by atoms with Crippen LogP contribution in [0.15, 0.2) is 23.2 Å². The second-order valence-corrected chi connectivity index (χ2v) is 8.92. The lowest BCUT2D eigenvalue weighted by Gasteiger charge is -2.29. The van der Waals surface area contributed by atoms with Crippen molar-refractivity contribution in [2.45, 2.75) is 64.0 Å². The number of likely N-dealkylation sites (tertiary alicyclic amines) is 1. The molecule has 8 heteroatoms. The van der Waals surface area contributed by atoms with Gasteiger partial charge in [0, 0.05) is 38.2 Å². The van der Waals surface area contributed by atoms with Crippen molar-refractivity contribution in [1.82, 2.24) is 25.0 Å². The third-order valence-corrected chi connectivity index (χ3v) is 6.82. The van der Waals surface area contributed by atoms with E-state index in [-0.39, 0.29) is 0 Å². The standard InChI is InChI=1S/C24H36N6O2/c1-17-27-28-23(29(17)2)15-25-24(26-20-8-6-5-7-9-20)30-11-10-18(16-30)19-12-21(31-3)14-22(13-19)32-4/h12-14,18,20H,5-11,15-16H2,1-4H3,(H,25,26). The number of aryl methyl sites for hydroxylation is 1. The fourth-order valence-corrected chi connectivity index (χ4v) is 4.69. The number of hydrogen-bond acceptors (Lipinski definition) is 5. The van der Waals surface area contributed by atoms with Crippen molar-refractivity contribution in [3.63, 3.8) is 0 Å². The Labute approximate surface area is 191 Å². The number of nitrogens with one attached hydrogen (secondary N) is 1. The molecule has 4 rings (SSSR count). The van der Waals surface area contributed by atoms with E-state index in [2.05, 4.69) is 32.5 Å². The maximum Gasteiger partial charge on any atom is 0.194 e. The molecule has 2 fully saturated rings. The van der Waals surface area contributed by atoms with Crippen LogP contribution in [0.3, 0.4) is 0 Å². The molecule has 1 unspecified atom stereocenters. The van der Waals surface area contributed by atoms with E-state index in [1.54, 1.807) is 14.2 Å². The van der Waals surface area contributed by atoms with E-state index < -0.39 is 0 Å². The van der Waals surface area contributed by atoms with Gasteiger partial charge >= 0.3 is 0 Å². The number of rotatable bonds is 6. The van der Waals surface area contributed by atoms with Crippen LogP contribution in [0.5, 0.6) is 11.5 Å². The first-order chi connectivity index (χ1) is 15.6. The molecule has 1 N–H and O–H groups in total. The molecule has 1 aromatic carbocycles. The number of aliphatic imine (C=N–C) groups is 1. The summed E-state index contributed by atoms with van der Waals surface area (Å²) >= 11 is 0. The van der Waals surface area contributed by atoms with E-state index in [1.807, 2.05) is 24.6 Å². The van der Waals surface area contributed by atoms with Crippen LogP contribution in [0.2, 0.25) is 0 Å². The molecule has 2 aliphatic rings. The zero-order valence-electron chi connectivity index (χ0n) is 19.8. The summed E-state index contributed by atoms with van der Waals surface area (Å²) in [5.41, 5.74) is 1.25.